The minimum atomic E-state index is -4.86. The Bertz CT molecular complexity index is 513. The highest BCUT2D eigenvalue weighted by atomic mass is 19.4. The van der Waals surface area contributed by atoms with Crippen LogP contribution in [0.2, 0.25) is 0 Å². The zero-order valence-electron chi connectivity index (χ0n) is 8.77. The molecule has 96 valence electrons. The summed E-state index contributed by atoms with van der Waals surface area (Å²) in [6.45, 7) is 0. The van der Waals surface area contributed by atoms with Gasteiger partial charge in [0.15, 0.2) is 0 Å². The molecular weight excluding hydrogens is 253 g/mol. The standard InChI is InChI=1S/C10H7F3N2O3/c11-10(12,13)18-6-4-2-1-3-5(6)7-8(16)15-9(14)17-7/h1-4,7H,(H2,14,15,16). The van der Waals surface area contributed by atoms with E-state index in [2.05, 4.69) is 9.73 Å². The molecule has 1 atom stereocenters. The quantitative estimate of drug-likeness (QED) is 0.874. The van der Waals surface area contributed by atoms with Gasteiger partial charge in [-0.15, -0.1) is 13.2 Å². The zero-order valence-corrected chi connectivity index (χ0v) is 8.77. The highest BCUT2D eigenvalue weighted by Gasteiger charge is 2.36. The summed E-state index contributed by atoms with van der Waals surface area (Å²) < 4.78 is 45.2. The van der Waals surface area contributed by atoms with E-state index in [0.29, 0.717) is 0 Å². The van der Waals surface area contributed by atoms with E-state index in [1.165, 1.54) is 18.2 Å². The number of hydrogen-bond donors (Lipinski definition) is 1. The molecule has 1 aliphatic rings. The number of hydrogen-bond acceptors (Lipinski definition) is 4. The SMILES string of the molecule is NC1=NC(=O)C(c2ccccc2OC(F)(F)F)O1. The Kier molecular flexibility index (Phi) is 2.85. The number of rotatable bonds is 2. The van der Waals surface area contributed by atoms with Gasteiger partial charge in [0.1, 0.15) is 5.75 Å². The Morgan fingerprint density at radius 2 is 2.00 bits per heavy atom. The molecule has 1 unspecified atom stereocenters. The molecule has 0 saturated carbocycles. The van der Waals surface area contributed by atoms with Crippen LogP contribution in [0.15, 0.2) is 29.3 Å². The third-order valence-corrected chi connectivity index (χ3v) is 2.11. The topological polar surface area (TPSA) is 73.9 Å². The molecule has 2 rings (SSSR count). The molecule has 0 aromatic heterocycles. The highest BCUT2D eigenvalue weighted by molar-refractivity contribution is 5.98. The molecule has 18 heavy (non-hydrogen) atoms. The summed E-state index contributed by atoms with van der Waals surface area (Å²) in [4.78, 5) is 14.7. The molecule has 0 aliphatic carbocycles. The first-order chi connectivity index (χ1) is 8.37. The van der Waals surface area contributed by atoms with E-state index in [0.717, 1.165) is 6.07 Å². The second-order valence-electron chi connectivity index (χ2n) is 3.37. The molecule has 2 N–H and O–H groups in total. The minimum absolute atomic E-state index is 0.0796. The minimum Gasteiger partial charge on any atom is -0.446 e. The van der Waals surface area contributed by atoms with Crippen LogP contribution in [0.5, 0.6) is 5.75 Å². The number of nitrogens with zero attached hydrogens (tertiary/aromatic N) is 1. The molecule has 8 heteroatoms. The average molecular weight is 260 g/mol. The number of nitrogens with two attached hydrogens (primary N) is 1. The van der Waals surface area contributed by atoms with E-state index in [1.54, 1.807) is 0 Å². The van der Waals surface area contributed by atoms with Crippen LogP contribution in [0, 0.1) is 0 Å². The third-order valence-electron chi connectivity index (χ3n) is 2.11. The Morgan fingerprint density at radius 1 is 1.33 bits per heavy atom. The Labute approximate surface area is 99.0 Å². The highest BCUT2D eigenvalue weighted by Crippen LogP contribution is 2.34. The molecular formula is C10H7F3N2O3. The van der Waals surface area contributed by atoms with Crippen molar-refractivity contribution in [2.75, 3.05) is 0 Å². The summed E-state index contributed by atoms with van der Waals surface area (Å²) in [7, 11) is 0. The summed E-state index contributed by atoms with van der Waals surface area (Å²) in [6.07, 6.45) is -6.16. The van der Waals surface area contributed by atoms with E-state index in [4.69, 9.17) is 10.5 Å². The fourth-order valence-corrected chi connectivity index (χ4v) is 1.48. The van der Waals surface area contributed by atoms with Gasteiger partial charge in [0.05, 0.1) is 0 Å². The number of amides is 1. The predicted octanol–water partition coefficient (Wildman–Crippen LogP) is 1.50. The Hall–Kier alpha value is -2.25. The number of aliphatic imine (C=N–C) groups is 1. The fourth-order valence-electron chi connectivity index (χ4n) is 1.48. The Balaban J connectivity index is 2.32. The van der Waals surface area contributed by atoms with Crippen molar-refractivity contribution in [2.45, 2.75) is 12.5 Å². The Morgan fingerprint density at radius 3 is 2.56 bits per heavy atom. The van der Waals surface area contributed by atoms with Crippen LogP contribution < -0.4 is 10.5 Å². The maximum absolute atomic E-state index is 12.2. The number of halogens is 3. The van der Waals surface area contributed by atoms with Gasteiger partial charge in [-0.3, -0.25) is 4.79 Å². The molecule has 0 spiro atoms. The molecule has 1 aromatic carbocycles. The van der Waals surface area contributed by atoms with Crippen LogP contribution in [0.1, 0.15) is 11.7 Å². The molecule has 1 aliphatic heterocycles. The van der Waals surface area contributed by atoms with E-state index in [9.17, 15) is 18.0 Å². The number of carbonyl (C=O) groups excluding carboxylic acids is 1. The van der Waals surface area contributed by atoms with Crippen molar-refractivity contribution in [3.05, 3.63) is 29.8 Å². The van der Waals surface area contributed by atoms with Crippen LogP contribution in [0.4, 0.5) is 13.2 Å². The number of alkyl halides is 3. The van der Waals surface area contributed by atoms with E-state index >= 15 is 0 Å². The van der Waals surface area contributed by atoms with Gasteiger partial charge in [-0.2, -0.15) is 4.99 Å². The largest absolute Gasteiger partial charge is 0.573 e. The number of carbonyl (C=O) groups is 1. The average Bonchev–Trinajstić information content (AvgIpc) is 2.56. The lowest BCUT2D eigenvalue weighted by Gasteiger charge is -2.15. The number of amidine groups is 1. The molecule has 1 heterocycles. The summed E-state index contributed by atoms with van der Waals surface area (Å²) in [5.74, 6) is -1.29. The van der Waals surface area contributed by atoms with Gasteiger partial charge in [0.2, 0.25) is 6.10 Å². The van der Waals surface area contributed by atoms with Gasteiger partial charge < -0.3 is 15.2 Å². The number of ether oxygens (including phenoxy) is 2. The molecule has 0 bridgehead atoms. The number of para-hydroxylation sites is 1. The molecule has 0 fully saturated rings. The van der Waals surface area contributed by atoms with Crippen LogP contribution in [-0.2, 0) is 9.53 Å². The van der Waals surface area contributed by atoms with E-state index in [1.807, 2.05) is 0 Å². The van der Waals surface area contributed by atoms with Crippen molar-refractivity contribution in [1.29, 1.82) is 0 Å². The predicted molar refractivity (Wildman–Crippen MR) is 53.6 cm³/mol. The van der Waals surface area contributed by atoms with Crippen molar-refractivity contribution in [3.8, 4) is 5.75 Å². The van der Waals surface area contributed by atoms with Gasteiger partial charge >= 0.3 is 6.36 Å². The molecule has 5 nitrogen and oxygen atoms in total. The van der Waals surface area contributed by atoms with Crippen molar-refractivity contribution < 1.29 is 27.4 Å². The molecule has 0 radical (unpaired) electrons. The zero-order chi connectivity index (χ0) is 13.3. The maximum atomic E-state index is 12.2. The van der Waals surface area contributed by atoms with Gasteiger partial charge in [0.25, 0.3) is 11.9 Å². The maximum Gasteiger partial charge on any atom is 0.573 e. The smallest absolute Gasteiger partial charge is 0.446 e. The first-order valence-corrected chi connectivity index (χ1v) is 4.76. The lowest BCUT2D eigenvalue weighted by atomic mass is 10.1. The number of benzene rings is 1. The molecule has 1 aromatic rings. The second kappa shape index (κ2) is 4.21. The second-order valence-corrected chi connectivity index (χ2v) is 3.37. The lowest BCUT2D eigenvalue weighted by molar-refractivity contribution is -0.275. The van der Waals surface area contributed by atoms with E-state index in [-0.39, 0.29) is 11.6 Å². The van der Waals surface area contributed by atoms with Crippen molar-refractivity contribution in [1.82, 2.24) is 0 Å². The fraction of sp³-hybridized carbons (Fsp3) is 0.200. The lowest BCUT2D eigenvalue weighted by Crippen LogP contribution is -2.20. The van der Waals surface area contributed by atoms with Crippen LogP contribution in [-0.4, -0.2) is 18.3 Å². The summed E-state index contributed by atoms with van der Waals surface area (Å²) in [5, 5.41) is 0. The van der Waals surface area contributed by atoms with E-state index < -0.39 is 24.1 Å². The molecule has 0 saturated heterocycles. The van der Waals surface area contributed by atoms with Gasteiger partial charge in [-0.1, -0.05) is 18.2 Å². The van der Waals surface area contributed by atoms with Crippen LogP contribution in [0.25, 0.3) is 0 Å². The first-order valence-electron chi connectivity index (χ1n) is 4.76. The normalized spacial score (nSPS) is 19.4. The van der Waals surface area contributed by atoms with Crippen molar-refractivity contribution in [2.24, 2.45) is 10.7 Å². The van der Waals surface area contributed by atoms with Crippen LogP contribution in [0.3, 0.4) is 0 Å². The van der Waals surface area contributed by atoms with Crippen molar-refractivity contribution in [3.63, 3.8) is 0 Å². The summed E-state index contributed by atoms with van der Waals surface area (Å²) in [6, 6.07) is 4.76. The summed E-state index contributed by atoms with van der Waals surface area (Å²) in [5.41, 5.74) is 5.09. The first kappa shape index (κ1) is 12.2. The van der Waals surface area contributed by atoms with Gasteiger partial charge in [-0.25, -0.2) is 0 Å². The third kappa shape index (κ3) is 2.53. The summed E-state index contributed by atoms with van der Waals surface area (Å²) >= 11 is 0. The van der Waals surface area contributed by atoms with Gasteiger partial charge in [0, 0.05) is 5.56 Å². The van der Waals surface area contributed by atoms with Crippen LogP contribution >= 0.6 is 0 Å². The monoisotopic (exact) mass is 260 g/mol. The van der Waals surface area contributed by atoms with Crippen molar-refractivity contribution >= 4 is 11.9 Å². The molecule has 1 amide bonds. The van der Waals surface area contributed by atoms with Gasteiger partial charge in [-0.05, 0) is 6.07 Å².